The molecular formula is C34H38N4O3. The number of benzene rings is 2. The van der Waals surface area contributed by atoms with Crippen molar-refractivity contribution < 1.29 is 9.53 Å². The summed E-state index contributed by atoms with van der Waals surface area (Å²) in [7, 11) is 0. The lowest BCUT2D eigenvalue weighted by molar-refractivity contribution is 0.262. The van der Waals surface area contributed by atoms with Crippen molar-refractivity contribution in [2.75, 3.05) is 17.2 Å². The Morgan fingerprint density at radius 3 is 2.34 bits per heavy atom. The van der Waals surface area contributed by atoms with E-state index in [2.05, 4.69) is 56.2 Å². The van der Waals surface area contributed by atoms with Crippen molar-refractivity contribution in [1.82, 2.24) is 9.55 Å². The molecule has 2 amide bonds. The minimum atomic E-state index is -0.483. The molecule has 0 unspecified atom stereocenters. The van der Waals surface area contributed by atoms with E-state index in [4.69, 9.17) is 11.2 Å². The fourth-order valence-corrected chi connectivity index (χ4v) is 5.04. The molecule has 0 aliphatic rings. The SMILES string of the molecule is C#CCOc1cccc(-c2c(NC(=O)Nc3c(C(C)C)cccc3C(C)C)c(=O)n(CCCC)c3ncccc23)c1. The van der Waals surface area contributed by atoms with Crippen LogP contribution in [0.1, 0.15) is 70.4 Å². The minimum absolute atomic E-state index is 0.116. The van der Waals surface area contributed by atoms with Gasteiger partial charge in [-0.3, -0.25) is 9.36 Å². The first kappa shape index (κ1) is 29.4. The van der Waals surface area contributed by atoms with Crippen LogP contribution in [0.4, 0.5) is 16.2 Å². The van der Waals surface area contributed by atoms with Gasteiger partial charge in [0.2, 0.25) is 0 Å². The van der Waals surface area contributed by atoms with Gasteiger partial charge < -0.3 is 15.4 Å². The Kier molecular flexibility index (Phi) is 9.46. The topological polar surface area (TPSA) is 85.3 Å². The van der Waals surface area contributed by atoms with Crippen molar-refractivity contribution in [3.63, 3.8) is 0 Å². The molecule has 0 saturated heterocycles. The summed E-state index contributed by atoms with van der Waals surface area (Å²) in [6.07, 6.45) is 8.78. The van der Waals surface area contributed by atoms with E-state index < -0.39 is 6.03 Å². The van der Waals surface area contributed by atoms with E-state index in [1.165, 1.54) is 0 Å². The second-order valence-electron chi connectivity index (χ2n) is 10.7. The summed E-state index contributed by atoms with van der Waals surface area (Å²) in [6.45, 7) is 11.1. The number of para-hydroxylation sites is 1. The molecule has 0 saturated carbocycles. The standard InChI is InChI=1S/C34H38N4O3/c1-7-9-19-38-32-28(17-12-18-35-32)29(24-13-10-14-25(21-24)41-20-8-2)31(33(38)39)37-34(40)36-30-26(22(3)4)15-11-16-27(30)23(5)6/h2,10-18,21-23H,7,9,19-20H2,1,3-6H3,(H2,36,37,40). The Balaban J connectivity index is 1.89. The molecule has 0 fully saturated rings. The maximum Gasteiger partial charge on any atom is 0.323 e. The number of anilines is 2. The number of amides is 2. The number of aromatic nitrogens is 2. The normalized spacial score (nSPS) is 11.1. The highest BCUT2D eigenvalue weighted by molar-refractivity contribution is 6.07. The van der Waals surface area contributed by atoms with Crippen LogP contribution in [0.3, 0.4) is 0 Å². The Bertz CT molecular complexity index is 1620. The summed E-state index contributed by atoms with van der Waals surface area (Å²) < 4.78 is 7.32. The third-order valence-corrected chi connectivity index (χ3v) is 7.05. The molecule has 0 atom stereocenters. The number of urea groups is 1. The Hall–Kier alpha value is -4.57. The molecule has 212 valence electrons. The molecule has 2 aromatic carbocycles. The molecular weight excluding hydrogens is 512 g/mol. The van der Waals surface area contributed by atoms with Crippen molar-refractivity contribution >= 4 is 28.4 Å². The smallest absolute Gasteiger partial charge is 0.323 e. The largest absolute Gasteiger partial charge is 0.481 e. The zero-order valence-electron chi connectivity index (χ0n) is 24.5. The van der Waals surface area contributed by atoms with Gasteiger partial charge in [0.15, 0.2) is 0 Å². The lowest BCUT2D eigenvalue weighted by Gasteiger charge is -2.22. The maximum absolute atomic E-state index is 14.1. The van der Waals surface area contributed by atoms with E-state index in [1.807, 2.05) is 48.5 Å². The highest BCUT2D eigenvalue weighted by atomic mass is 16.5. The number of carbonyl (C=O) groups is 1. The van der Waals surface area contributed by atoms with Crippen LogP contribution in [0.2, 0.25) is 0 Å². The summed E-state index contributed by atoms with van der Waals surface area (Å²) in [6, 6.07) is 16.7. The van der Waals surface area contributed by atoms with Crippen molar-refractivity contribution in [1.29, 1.82) is 0 Å². The molecule has 4 aromatic rings. The summed E-state index contributed by atoms with van der Waals surface area (Å²) in [5.74, 6) is 3.44. The second-order valence-corrected chi connectivity index (χ2v) is 10.7. The summed E-state index contributed by atoms with van der Waals surface area (Å²) in [5, 5.41) is 6.78. The third kappa shape index (κ3) is 6.44. The molecule has 0 aliphatic carbocycles. The average molecular weight is 551 g/mol. The summed E-state index contributed by atoms with van der Waals surface area (Å²) in [5.41, 5.74) is 4.56. The number of terminal acetylenes is 1. The van der Waals surface area contributed by atoms with Gasteiger partial charge in [0.1, 0.15) is 23.7 Å². The van der Waals surface area contributed by atoms with E-state index in [1.54, 1.807) is 16.8 Å². The van der Waals surface area contributed by atoms with Crippen LogP contribution in [-0.2, 0) is 6.54 Å². The van der Waals surface area contributed by atoms with Gasteiger partial charge in [0.25, 0.3) is 5.56 Å². The number of unbranched alkanes of at least 4 members (excludes halogenated alkanes) is 1. The van der Waals surface area contributed by atoms with Gasteiger partial charge in [0, 0.05) is 29.4 Å². The van der Waals surface area contributed by atoms with Crippen LogP contribution in [-0.4, -0.2) is 22.2 Å². The Morgan fingerprint density at radius 1 is 1.00 bits per heavy atom. The fourth-order valence-electron chi connectivity index (χ4n) is 5.04. The number of aryl methyl sites for hydroxylation is 1. The number of hydrogen-bond donors (Lipinski definition) is 2. The average Bonchev–Trinajstić information content (AvgIpc) is 2.96. The molecule has 0 radical (unpaired) electrons. The van der Waals surface area contributed by atoms with Crippen molar-refractivity contribution in [3.05, 3.63) is 82.3 Å². The first-order chi connectivity index (χ1) is 19.8. The number of nitrogens with zero attached hydrogens (tertiary/aromatic N) is 2. The van der Waals surface area contributed by atoms with E-state index >= 15 is 0 Å². The van der Waals surface area contributed by atoms with Gasteiger partial charge in [0.05, 0.1) is 0 Å². The number of pyridine rings is 2. The van der Waals surface area contributed by atoms with Crippen LogP contribution in [0.15, 0.2) is 65.6 Å². The highest BCUT2D eigenvalue weighted by Gasteiger charge is 2.22. The van der Waals surface area contributed by atoms with Gasteiger partial charge in [-0.05, 0) is 59.2 Å². The van der Waals surface area contributed by atoms with E-state index in [-0.39, 0.29) is 29.7 Å². The van der Waals surface area contributed by atoms with Crippen molar-refractivity contribution in [3.8, 4) is 29.2 Å². The van der Waals surface area contributed by atoms with Crippen molar-refractivity contribution in [2.24, 2.45) is 0 Å². The Morgan fingerprint density at radius 2 is 1.68 bits per heavy atom. The third-order valence-electron chi connectivity index (χ3n) is 7.05. The number of rotatable bonds is 10. The van der Waals surface area contributed by atoms with Crippen LogP contribution >= 0.6 is 0 Å². The number of ether oxygens (including phenoxy) is 1. The van der Waals surface area contributed by atoms with Gasteiger partial charge in [-0.15, -0.1) is 6.42 Å². The Labute approximate surface area is 242 Å². The van der Waals surface area contributed by atoms with Crippen LogP contribution < -0.4 is 20.9 Å². The molecule has 4 rings (SSSR count). The maximum atomic E-state index is 14.1. The second kappa shape index (κ2) is 13.2. The first-order valence-corrected chi connectivity index (χ1v) is 14.2. The van der Waals surface area contributed by atoms with E-state index in [0.717, 1.165) is 35.0 Å². The molecule has 2 heterocycles. The van der Waals surface area contributed by atoms with E-state index in [9.17, 15) is 9.59 Å². The predicted octanol–water partition coefficient (Wildman–Crippen LogP) is 7.77. The molecule has 0 aliphatic heterocycles. The van der Waals surface area contributed by atoms with Crippen molar-refractivity contribution in [2.45, 2.75) is 65.8 Å². The summed E-state index contributed by atoms with van der Waals surface area (Å²) >= 11 is 0. The molecule has 7 nitrogen and oxygen atoms in total. The van der Waals surface area contributed by atoms with Gasteiger partial charge in [-0.2, -0.15) is 0 Å². The van der Waals surface area contributed by atoms with E-state index in [0.29, 0.717) is 29.1 Å². The van der Waals surface area contributed by atoms with Gasteiger partial charge in [-0.25, -0.2) is 9.78 Å². The minimum Gasteiger partial charge on any atom is -0.481 e. The van der Waals surface area contributed by atoms with Gasteiger partial charge in [-0.1, -0.05) is 77.3 Å². The molecule has 2 aromatic heterocycles. The van der Waals surface area contributed by atoms with Crippen LogP contribution in [0.5, 0.6) is 5.75 Å². The number of hydrogen-bond acceptors (Lipinski definition) is 4. The quantitative estimate of drug-likeness (QED) is 0.198. The zero-order chi connectivity index (χ0) is 29.5. The molecule has 41 heavy (non-hydrogen) atoms. The fraction of sp³-hybridized carbons (Fsp3) is 0.324. The molecule has 0 spiro atoms. The lowest BCUT2D eigenvalue weighted by Crippen LogP contribution is -2.30. The zero-order valence-corrected chi connectivity index (χ0v) is 24.5. The number of nitrogens with one attached hydrogen (secondary N) is 2. The number of carbonyl (C=O) groups excluding carboxylic acids is 1. The molecule has 0 bridgehead atoms. The predicted molar refractivity (Wildman–Crippen MR) is 168 cm³/mol. The lowest BCUT2D eigenvalue weighted by atomic mass is 9.93. The molecule has 2 N–H and O–H groups in total. The monoisotopic (exact) mass is 550 g/mol. The highest BCUT2D eigenvalue weighted by Crippen LogP contribution is 2.36. The number of fused-ring (bicyclic) bond motifs is 1. The summed E-state index contributed by atoms with van der Waals surface area (Å²) in [4.78, 5) is 32.4. The van der Waals surface area contributed by atoms with Gasteiger partial charge >= 0.3 is 6.03 Å². The first-order valence-electron chi connectivity index (χ1n) is 14.2. The van der Waals surface area contributed by atoms with Crippen LogP contribution in [0.25, 0.3) is 22.2 Å². The van der Waals surface area contributed by atoms with Crippen LogP contribution in [0, 0.1) is 12.3 Å². The molecule has 7 heteroatoms.